The van der Waals surface area contributed by atoms with Crippen molar-refractivity contribution in [2.45, 2.75) is 39.3 Å². The number of fused-ring (bicyclic) bond motifs is 1. The molecule has 5 heteroatoms. The number of anilines is 1. The van der Waals surface area contributed by atoms with Crippen LogP contribution in [0.3, 0.4) is 0 Å². The van der Waals surface area contributed by atoms with Gasteiger partial charge in [0.25, 0.3) is 0 Å². The molecule has 1 aliphatic rings. The van der Waals surface area contributed by atoms with Crippen LogP contribution in [0.5, 0.6) is 0 Å². The summed E-state index contributed by atoms with van der Waals surface area (Å²) in [7, 11) is 0. The molecule has 1 aromatic heterocycles. The van der Waals surface area contributed by atoms with Crippen LogP contribution in [-0.4, -0.2) is 20.7 Å². The third-order valence-electron chi connectivity index (χ3n) is 5.09. The summed E-state index contributed by atoms with van der Waals surface area (Å²) < 4.78 is 1.87. The predicted molar refractivity (Wildman–Crippen MR) is 101 cm³/mol. The predicted octanol–water partition coefficient (Wildman–Crippen LogP) is 3.98. The van der Waals surface area contributed by atoms with Crippen LogP contribution < -0.4 is 4.90 Å². The Labute approximate surface area is 153 Å². The summed E-state index contributed by atoms with van der Waals surface area (Å²) in [6.07, 6.45) is 2.30. The Morgan fingerprint density at radius 1 is 0.923 bits per heavy atom. The molecule has 0 spiro atoms. The summed E-state index contributed by atoms with van der Waals surface area (Å²) in [6, 6.07) is 16.9. The van der Waals surface area contributed by atoms with Gasteiger partial charge in [-0.1, -0.05) is 59.7 Å². The monoisotopic (exact) mass is 346 g/mol. The van der Waals surface area contributed by atoms with E-state index < -0.39 is 0 Å². The maximum absolute atomic E-state index is 12.4. The van der Waals surface area contributed by atoms with Crippen molar-refractivity contribution < 1.29 is 4.79 Å². The molecular weight excluding hydrogens is 324 g/mol. The Balaban J connectivity index is 1.82. The molecule has 0 radical (unpaired) electrons. The van der Waals surface area contributed by atoms with Crippen molar-refractivity contribution in [3.05, 3.63) is 77.1 Å². The molecule has 0 aliphatic carbocycles. The number of carbonyl (C=O) groups is 1. The molecule has 0 fully saturated rings. The minimum atomic E-state index is -0.0592. The molecule has 0 unspecified atom stereocenters. The molecular formula is C21H22N4O. The highest BCUT2D eigenvalue weighted by atomic mass is 16.2. The molecule has 132 valence electrons. The largest absolute Gasteiger partial charge is 0.275 e. The highest BCUT2D eigenvalue weighted by Crippen LogP contribution is 2.41. The van der Waals surface area contributed by atoms with Crippen LogP contribution in [0, 0.1) is 13.8 Å². The third kappa shape index (κ3) is 2.79. The second-order valence-electron chi connectivity index (χ2n) is 6.98. The van der Waals surface area contributed by atoms with Crippen LogP contribution in [0.1, 0.15) is 47.7 Å². The van der Waals surface area contributed by atoms with Gasteiger partial charge in [-0.25, -0.2) is 4.68 Å². The van der Waals surface area contributed by atoms with Gasteiger partial charge in [-0.3, -0.25) is 9.69 Å². The molecule has 2 aromatic carbocycles. The second kappa shape index (κ2) is 6.41. The molecule has 1 amide bonds. The molecule has 2 atom stereocenters. The summed E-state index contributed by atoms with van der Waals surface area (Å²) in [5.41, 5.74) is 4.74. The van der Waals surface area contributed by atoms with Gasteiger partial charge in [0.1, 0.15) is 6.33 Å². The van der Waals surface area contributed by atoms with E-state index in [4.69, 9.17) is 0 Å². The van der Waals surface area contributed by atoms with E-state index >= 15 is 0 Å². The lowest BCUT2D eigenvalue weighted by Crippen LogP contribution is -2.41. The summed E-state index contributed by atoms with van der Waals surface area (Å²) in [6.45, 7) is 5.74. The smallest absolute Gasteiger partial charge is 0.231 e. The SMILES string of the molecule is CC(=O)N1c2ncnn2[C@H](c2ccc(C)cc2)C[C@@H]1c1ccc(C)cc1. The Morgan fingerprint density at radius 3 is 2.00 bits per heavy atom. The van der Waals surface area contributed by atoms with Crippen LogP contribution in [0.25, 0.3) is 0 Å². The summed E-state index contributed by atoms with van der Waals surface area (Å²) in [5, 5.41) is 4.42. The molecule has 2 heterocycles. The number of hydrogen-bond acceptors (Lipinski definition) is 3. The maximum atomic E-state index is 12.4. The quantitative estimate of drug-likeness (QED) is 0.705. The fourth-order valence-corrected chi connectivity index (χ4v) is 3.69. The normalized spacial score (nSPS) is 19.3. The van der Waals surface area contributed by atoms with Gasteiger partial charge in [0.05, 0.1) is 12.1 Å². The van der Waals surface area contributed by atoms with Crippen LogP contribution in [0.15, 0.2) is 54.9 Å². The standard InChI is InChI=1S/C21H22N4O/c1-14-4-8-17(9-5-14)19-12-20(18-10-6-15(2)7-11-18)25-21(22-13-23-25)24(19)16(3)26/h4-11,13,19-20H,12H2,1-3H3/t19-,20+/m1/s1. The molecule has 3 aromatic rings. The minimum Gasteiger partial charge on any atom is -0.275 e. The topological polar surface area (TPSA) is 51.0 Å². The van der Waals surface area contributed by atoms with Gasteiger partial charge in [0, 0.05) is 6.92 Å². The van der Waals surface area contributed by atoms with E-state index in [1.807, 2.05) is 4.68 Å². The van der Waals surface area contributed by atoms with Gasteiger partial charge in [0.15, 0.2) is 0 Å². The number of aromatic nitrogens is 3. The zero-order valence-electron chi connectivity index (χ0n) is 15.3. The Kier molecular flexibility index (Phi) is 4.07. The van der Waals surface area contributed by atoms with Gasteiger partial charge in [-0.05, 0) is 31.4 Å². The van der Waals surface area contributed by atoms with Crippen molar-refractivity contribution in [2.75, 3.05) is 4.90 Å². The average molecular weight is 346 g/mol. The molecule has 5 nitrogen and oxygen atoms in total. The van der Waals surface area contributed by atoms with Crippen molar-refractivity contribution in [1.29, 1.82) is 0 Å². The van der Waals surface area contributed by atoms with E-state index in [0.29, 0.717) is 5.95 Å². The van der Waals surface area contributed by atoms with Crippen molar-refractivity contribution in [3.8, 4) is 0 Å². The first-order valence-electron chi connectivity index (χ1n) is 8.87. The van der Waals surface area contributed by atoms with E-state index in [1.165, 1.54) is 23.0 Å². The highest BCUT2D eigenvalue weighted by molar-refractivity contribution is 5.90. The number of rotatable bonds is 2. The van der Waals surface area contributed by atoms with Crippen LogP contribution in [0.4, 0.5) is 5.95 Å². The number of amides is 1. The number of nitrogens with zero attached hydrogens (tertiary/aromatic N) is 4. The fourth-order valence-electron chi connectivity index (χ4n) is 3.69. The number of hydrogen-bond donors (Lipinski definition) is 0. The number of carbonyl (C=O) groups excluding carboxylic acids is 1. The van der Waals surface area contributed by atoms with Crippen molar-refractivity contribution >= 4 is 11.9 Å². The van der Waals surface area contributed by atoms with Crippen molar-refractivity contribution in [1.82, 2.24) is 14.8 Å². The molecule has 0 bridgehead atoms. The van der Waals surface area contributed by atoms with E-state index in [9.17, 15) is 4.79 Å². The lowest BCUT2D eigenvalue weighted by Gasteiger charge is -2.38. The average Bonchev–Trinajstić information content (AvgIpc) is 3.11. The summed E-state index contributed by atoms with van der Waals surface area (Å²) in [4.78, 5) is 18.6. The van der Waals surface area contributed by atoms with E-state index in [1.54, 1.807) is 11.8 Å². The highest BCUT2D eigenvalue weighted by Gasteiger charge is 2.37. The molecule has 0 saturated carbocycles. The lowest BCUT2D eigenvalue weighted by molar-refractivity contribution is -0.117. The first kappa shape index (κ1) is 16.5. The van der Waals surface area contributed by atoms with Gasteiger partial charge in [-0.15, -0.1) is 0 Å². The van der Waals surface area contributed by atoms with E-state index in [0.717, 1.165) is 12.0 Å². The van der Waals surface area contributed by atoms with Crippen molar-refractivity contribution in [2.24, 2.45) is 0 Å². The minimum absolute atomic E-state index is 0.0211. The molecule has 1 aliphatic heterocycles. The first-order valence-corrected chi connectivity index (χ1v) is 8.87. The Hall–Kier alpha value is -2.95. The Morgan fingerprint density at radius 2 is 1.46 bits per heavy atom. The van der Waals surface area contributed by atoms with E-state index in [2.05, 4.69) is 72.5 Å². The van der Waals surface area contributed by atoms with Gasteiger partial charge in [0.2, 0.25) is 11.9 Å². The molecule has 26 heavy (non-hydrogen) atoms. The maximum Gasteiger partial charge on any atom is 0.231 e. The van der Waals surface area contributed by atoms with Crippen LogP contribution >= 0.6 is 0 Å². The van der Waals surface area contributed by atoms with Crippen molar-refractivity contribution in [3.63, 3.8) is 0 Å². The fraction of sp³-hybridized carbons (Fsp3) is 0.286. The van der Waals surface area contributed by atoms with Crippen LogP contribution in [0.2, 0.25) is 0 Å². The number of aryl methyl sites for hydroxylation is 2. The molecule has 0 saturated heterocycles. The third-order valence-corrected chi connectivity index (χ3v) is 5.09. The van der Waals surface area contributed by atoms with Gasteiger partial charge >= 0.3 is 0 Å². The summed E-state index contributed by atoms with van der Waals surface area (Å²) in [5.74, 6) is 0.590. The van der Waals surface area contributed by atoms with E-state index in [-0.39, 0.29) is 18.0 Å². The molecule has 4 rings (SSSR count). The van der Waals surface area contributed by atoms with Gasteiger partial charge in [-0.2, -0.15) is 10.1 Å². The Bertz CT molecular complexity index is 927. The summed E-state index contributed by atoms with van der Waals surface area (Å²) >= 11 is 0. The zero-order chi connectivity index (χ0) is 18.3. The van der Waals surface area contributed by atoms with Gasteiger partial charge < -0.3 is 0 Å². The van der Waals surface area contributed by atoms with Crippen LogP contribution in [-0.2, 0) is 4.79 Å². The zero-order valence-corrected chi connectivity index (χ0v) is 15.3. The number of benzene rings is 2. The second-order valence-corrected chi connectivity index (χ2v) is 6.98. The lowest BCUT2D eigenvalue weighted by atomic mass is 9.91. The first-order chi connectivity index (χ1) is 12.5. The molecule has 0 N–H and O–H groups in total.